The van der Waals surface area contributed by atoms with Gasteiger partial charge in [-0.1, -0.05) is 49.6 Å². The molecule has 1 aromatic carbocycles. The second kappa shape index (κ2) is 10.0. The summed E-state index contributed by atoms with van der Waals surface area (Å²) in [5, 5.41) is 6.98. The standard InChI is InChI=1S/C25H31N5/c1-6-9-18(3)23-16-27-24(29-25(23)28-22-12-13-26-15-22)21-11-8-10-20(14-21)19(7-2)17-30(4)5/h6-11,14,16-17,22,26H,2-3,12-13,15H2,1,4-5H3,(H,27,28,29)/b9-6-,19-17+. The summed E-state index contributed by atoms with van der Waals surface area (Å²) >= 11 is 0. The Labute approximate surface area is 179 Å². The normalized spacial score (nSPS) is 16.6. The minimum Gasteiger partial charge on any atom is -0.383 e. The first-order valence-corrected chi connectivity index (χ1v) is 10.3. The molecule has 0 radical (unpaired) electrons. The van der Waals surface area contributed by atoms with Gasteiger partial charge in [0.05, 0.1) is 0 Å². The van der Waals surface area contributed by atoms with Gasteiger partial charge < -0.3 is 15.5 Å². The van der Waals surface area contributed by atoms with Gasteiger partial charge in [0.25, 0.3) is 0 Å². The van der Waals surface area contributed by atoms with Crippen molar-refractivity contribution in [3.05, 3.63) is 79.2 Å². The monoisotopic (exact) mass is 401 g/mol. The molecule has 30 heavy (non-hydrogen) atoms. The Balaban J connectivity index is 2.00. The largest absolute Gasteiger partial charge is 0.383 e. The number of nitrogens with one attached hydrogen (secondary N) is 2. The first-order valence-electron chi connectivity index (χ1n) is 10.3. The molecule has 1 unspecified atom stereocenters. The molecule has 1 fully saturated rings. The summed E-state index contributed by atoms with van der Waals surface area (Å²) < 4.78 is 0. The fourth-order valence-electron chi connectivity index (χ4n) is 3.49. The zero-order valence-corrected chi connectivity index (χ0v) is 18.2. The summed E-state index contributed by atoms with van der Waals surface area (Å²) in [7, 11) is 4.01. The molecule has 0 aliphatic carbocycles. The van der Waals surface area contributed by atoms with Crippen LogP contribution in [-0.4, -0.2) is 48.1 Å². The van der Waals surface area contributed by atoms with Gasteiger partial charge in [-0.3, -0.25) is 0 Å². The third-order valence-electron chi connectivity index (χ3n) is 4.98. The summed E-state index contributed by atoms with van der Waals surface area (Å²) in [6.45, 7) is 12.1. The van der Waals surface area contributed by atoms with Crippen LogP contribution in [0.3, 0.4) is 0 Å². The van der Waals surface area contributed by atoms with Crippen LogP contribution in [0.1, 0.15) is 24.5 Å². The maximum Gasteiger partial charge on any atom is 0.161 e. The summed E-state index contributed by atoms with van der Waals surface area (Å²) in [5.74, 6) is 1.52. The first-order chi connectivity index (χ1) is 14.5. The molecular formula is C25H31N5. The lowest BCUT2D eigenvalue weighted by Gasteiger charge is -2.17. The molecular weight excluding hydrogens is 370 g/mol. The molecule has 156 valence electrons. The van der Waals surface area contributed by atoms with Gasteiger partial charge in [0, 0.05) is 50.2 Å². The molecule has 1 atom stereocenters. The molecule has 5 heteroatoms. The van der Waals surface area contributed by atoms with E-state index in [1.165, 1.54) is 0 Å². The lowest BCUT2D eigenvalue weighted by Crippen LogP contribution is -2.23. The number of nitrogens with zero attached hydrogens (tertiary/aromatic N) is 3. The van der Waals surface area contributed by atoms with Crippen molar-refractivity contribution < 1.29 is 0 Å². The molecule has 0 spiro atoms. The highest BCUT2D eigenvalue weighted by Gasteiger charge is 2.18. The average molecular weight is 402 g/mol. The quantitative estimate of drug-likeness (QED) is 0.634. The van der Waals surface area contributed by atoms with E-state index in [0.29, 0.717) is 11.9 Å². The van der Waals surface area contributed by atoms with E-state index < -0.39 is 0 Å². The number of hydrogen-bond donors (Lipinski definition) is 2. The number of rotatable bonds is 8. The third kappa shape index (κ3) is 5.24. The van der Waals surface area contributed by atoms with Crippen molar-refractivity contribution in [2.75, 3.05) is 32.5 Å². The van der Waals surface area contributed by atoms with Crippen molar-refractivity contribution in [2.45, 2.75) is 19.4 Å². The third-order valence-corrected chi connectivity index (χ3v) is 4.98. The lowest BCUT2D eigenvalue weighted by molar-refractivity contribution is 0.566. The highest BCUT2D eigenvalue weighted by Crippen LogP contribution is 2.27. The summed E-state index contributed by atoms with van der Waals surface area (Å²) in [4.78, 5) is 11.6. The topological polar surface area (TPSA) is 53.1 Å². The van der Waals surface area contributed by atoms with Crippen molar-refractivity contribution >= 4 is 17.0 Å². The number of allylic oxidation sites excluding steroid dienone is 5. The van der Waals surface area contributed by atoms with E-state index in [-0.39, 0.29) is 0 Å². The number of benzene rings is 1. The molecule has 3 rings (SSSR count). The molecule has 5 nitrogen and oxygen atoms in total. The van der Waals surface area contributed by atoms with E-state index in [0.717, 1.165) is 53.2 Å². The van der Waals surface area contributed by atoms with Crippen LogP contribution < -0.4 is 10.6 Å². The second-order valence-corrected chi connectivity index (χ2v) is 7.65. The highest BCUT2D eigenvalue weighted by molar-refractivity contribution is 5.80. The molecule has 1 aromatic heterocycles. The van der Waals surface area contributed by atoms with Crippen LogP contribution in [0.4, 0.5) is 5.82 Å². The highest BCUT2D eigenvalue weighted by atomic mass is 15.1. The Morgan fingerprint density at radius 1 is 1.33 bits per heavy atom. The molecule has 2 heterocycles. The van der Waals surface area contributed by atoms with Crippen LogP contribution in [0, 0.1) is 0 Å². The van der Waals surface area contributed by atoms with Crippen molar-refractivity contribution in [3.8, 4) is 11.4 Å². The van der Waals surface area contributed by atoms with Crippen LogP contribution in [0.2, 0.25) is 0 Å². The van der Waals surface area contributed by atoms with E-state index in [1.807, 2.05) is 62.5 Å². The Kier molecular flexibility index (Phi) is 7.20. The van der Waals surface area contributed by atoms with Crippen LogP contribution in [-0.2, 0) is 0 Å². The van der Waals surface area contributed by atoms with Gasteiger partial charge in [-0.25, -0.2) is 9.97 Å². The molecule has 0 saturated carbocycles. The lowest BCUT2D eigenvalue weighted by atomic mass is 10.0. The predicted molar refractivity (Wildman–Crippen MR) is 128 cm³/mol. The summed E-state index contributed by atoms with van der Waals surface area (Å²) in [6, 6.07) is 8.60. The van der Waals surface area contributed by atoms with Crippen LogP contribution in [0.15, 0.2) is 68.0 Å². The van der Waals surface area contributed by atoms with Crippen LogP contribution in [0.25, 0.3) is 22.5 Å². The van der Waals surface area contributed by atoms with Gasteiger partial charge in [0.1, 0.15) is 5.82 Å². The number of anilines is 1. The SMILES string of the molecule is C=C/C(=C\N(C)C)c1cccc(-c2ncc(C(=C)/C=C\C)c(NC3CCNC3)n2)c1. The van der Waals surface area contributed by atoms with Crippen LogP contribution in [0.5, 0.6) is 0 Å². The fraction of sp³-hybridized carbons (Fsp3) is 0.280. The zero-order chi connectivity index (χ0) is 21.5. The van der Waals surface area contributed by atoms with Crippen molar-refractivity contribution in [1.29, 1.82) is 0 Å². The van der Waals surface area contributed by atoms with Crippen molar-refractivity contribution in [1.82, 2.24) is 20.2 Å². The van der Waals surface area contributed by atoms with Gasteiger partial charge in [0.2, 0.25) is 0 Å². The van der Waals surface area contributed by atoms with Crippen LogP contribution >= 0.6 is 0 Å². The van der Waals surface area contributed by atoms with Gasteiger partial charge in [-0.2, -0.15) is 0 Å². The molecule has 2 aromatic rings. The Hall–Kier alpha value is -3.18. The molecule has 2 N–H and O–H groups in total. The van der Waals surface area contributed by atoms with Crippen molar-refractivity contribution in [3.63, 3.8) is 0 Å². The molecule has 0 bridgehead atoms. The van der Waals surface area contributed by atoms with E-state index in [2.05, 4.69) is 47.1 Å². The zero-order valence-electron chi connectivity index (χ0n) is 18.2. The smallest absolute Gasteiger partial charge is 0.161 e. The molecule has 1 aliphatic heterocycles. The van der Waals surface area contributed by atoms with Gasteiger partial charge in [-0.15, -0.1) is 0 Å². The van der Waals surface area contributed by atoms with E-state index in [4.69, 9.17) is 4.98 Å². The van der Waals surface area contributed by atoms with Gasteiger partial charge >= 0.3 is 0 Å². The molecule has 0 amide bonds. The Morgan fingerprint density at radius 3 is 2.83 bits per heavy atom. The second-order valence-electron chi connectivity index (χ2n) is 7.65. The fourth-order valence-corrected chi connectivity index (χ4v) is 3.49. The van der Waals surface area contributed by atoms with E-state index in [9.17, 15) is 0 Å². The summed E-state index contributed by atoms with van der Waals surface area (Å²) in [6.07, 6.45) is 10.8. The number of aromatic nitrogens is 2. The molecule has 1 aliphatic rings. The minimum absolute atomic E-state index is 0.353. The first kappa shape index (κ1) is 21.5. The minimum atomic E-state index is 0.353. The molecule has 1 saturated heterocycles. The predicted octanol–water partition coefficient (Wildman–Crippen LogP) is 4.60. The number of hydrogen-bond acceptors (Lipinski definition) is 5. The van der Waals surface area contributed by atoms with E-state index in [1.54, 1.807) is 0 Å². The Morgan fingerprint density at radius 2 is 2.17 bits per heavy atom. The van der Waals surface area contributed by atoms with Crippen molar-refractivity contribution in [2.24, 2.45) is 0 Å². The average Bonchev–Trinajstić information content (AvgIpc) is 3.25. The van der Waals surface area contributed by atoms with Gasteiger partial charge in [0.15, 0.2) is 5.82 Å². The maximum absolute atomic E-state index is 4.90. The van der Waals surface area contributed by atoms with Gasteiger partial charge in [-0.05, 0) is 42.7 Å². The maximum atomic E-state index is 4.90. The Bertz CT molecular complexity index is 965. The van der Waals surface area contributed by atoms with E-state index >= 15 is 0 Å². The summed E-state index contributed by atoms with van der Waals surface area (Å²) in [5.41, 5.74) is 4.93.